The Bertz CT molecular complexity index is 712. The number of para-hydroxylation sites is 2. The Kier molecular flexibility index (Phi) is 4.49. The lowest BCUT2D eigenvalue weighted by molar-refractivity contribution is 0.269. The van der Waals surface area contributed by atoms with Gasteiger partial charge in [0.15, 0.2) is 0 Å². The molecule has 0 fully saturated rings. The number of sulfonamides is 1. The van der Waals surface area contributed by atoms with Crippen LogP contribution in [0.1, 0.15) is 0 Å². The maximum absolute atomic E-state index is 12.6. The Balaban J connectivity index is 2.37. The predicted octanol–water partition coefficient (Wildman–Crippen LogP) is 0.709. The summed E-state index contributed by atoms with van der Waals surface area (Å²) in [5.74, 6) is 0.464. The first-order valence-electron chi connectivity index (χ1n) is 6.26. The minimum atomic E-state index is -3.73. The zero-order valence-electron chi connectivity index (χ0n) is 11.8. The van der Waals surface area contributed by atoms with Crippen LogP contribution in [0.5, 0.6) is 5.75 Å². The fourth-order valence-corrected chi connectivity index (χ4v) is 3.04. The topological polar surface area (TPSA) is 84.7 Å². The van der Waals surface area contributed by atoms with Crippen molar-refractivity contribution < 1.29 is 18.3 Å². The van der Waals surface area contributed by atoms with Crippen molar-refractivity contribution in [1.82, 2.24) is 9.78 Å². The third-order valence-electron chi connectivity index (χ3n) is 3.02. The molecule has 21 heavy (non-hydrogen) atoms. The van der Waals surface area contributed by atoms with Gasteiger partial charge in [-0.1, -0.05) is 12.1 Å². The van der Waals surface area contributed by atoms with Crippen LogP contribution in [0.4, 0.5) is 5.69 Å². The second-order valence-corrected chi connectivity index (χ2v) is 6.28. The van der Waals surface area contributed by atoms with Gasteiger partial charge in [-0.3, -0.25) is 8.99 Å². The zero-order chi connectivity index (χ0) is 15.5. The SMILES string of the molecule is COc1ccccc1N(C)S(=O)(=O)c1cnn(CCO)c1. The first kappa shape index (κ1) is 15.3. The molecule has 0 unspecified atom stereocenters. The number of aliphatic hydroxyl groups excluding tert-OH is 1. The van der Waals surface area contributed by atoms with Crippen LogP contribution >= 0.6 is 0 Å². The predicted molar refractivity (Wildman–Crippen MR) is 77.9 cm³/mol. The van der Waals surface area contributed by atoms with E-state index in [1.165, 1.54) is 31.2 Å². The standard InChI is InChI=1S/C13H17N3O4S/c1-15(12-5-3-4-6-13(12)20-2)21(18,19)11-9-14-16(10-11)7-8-17/h3-6,9-10,17H,7-8H2,1-2H3. The van der Waals surface area contributed by atoms with E-state index in [9.17, 15) is 8.42 Å². The van der Waals surface area contributed by atoms with Crippen molar-refractivity contribution in [2.45, 2.75) is 11.4 Å². The highest BCUT2D eigenvalue weighted by molar-refractivity contribution is 7.92. The normalized spacial score (nSPS) is 11.4. The van der Waals surface area contributed by atoms with Crippen LogP contribution in [0.15, 0.2) is 41.6 Å². The summed E-state index contributed by atoms with van der Waals surface area (Å²) in [4.78, 5) is 0.0596. The smallest absolute Gasteiger partial charge is 0.267 e. The highest BCUT2D eigenvalue weighted by Gasteiger charge is 2.25. The third-order valence-corrected chi connectivity index (χ3v) is 4.75. The molecule has 8 heteroatoms. The van der Waals surface area contributed by atoms with Crippen LogP contribution in [0.3, 0.4) is 0 Å². The second kappa shape index (κ2) is 6.15. The molecule has 0 spiro atoms. The van der Waals surface area contributed by atoms with Crippen LogP contribution in [0.25, 0.3) is 0 Å². The van der Waals surface area contributed by atoms with E-state index < -0.39 is 10.0 Å². The number of methoxy groups -OCH3 is 1. The van der Waals surface area contributed by atoms with Crippen molar-refractivity contribution in [2.75, 3.05) is 25.1 Å². The maximum atomic E-state index is 12.6. The van der Waals surface area contributed by atoms with E-state index in [0.717, 1.165) is 4.31 Å². The van der Waals surface area contributed by atoms with Gasteiger partial charge in [-0.25, -0.2) is 8.42 Å². The molecule has 0 aliphatic rings. The van der Waals surface area contributed by atoms with Crippen LogP contribution in [-0.2, 0) is 16.6 Å². The lowest BCUT2D eigenvalue weighted by Crippen LogP contribution is -2.26. The quantitative estimate of drug-likeness (QED) is 0.849. The van der Waals surface area contributed by atoms with E-state index in [2.05, 4.69) is 5.10 Å². The molecule has 1 aromatic carbocycles. The number of anilines is 1. The minimum absolute atomic E-state index is 0.0596. The van der Waals surface area contributed by atoms with Gasteiger partial charge >= 0.3 is 0 Å². The summed E-state index contributed by atoms with van der Waals surface area (Å²) >= 11 is 0. The first-order chi connectivity index (χ1) is 10.0. The van der Waals surface area contributed by atoms with Crippen LogP contribution in [-0.4, -0.2) is 44.1 Å². The molecule has 114 valence electrons. The molecule has 0 aliphatic heterocycles. The van der Waals surface area contributed by atoms with Crippen molar-refractivity contribution in [1.29, 1.82) is 0 Å². The average molecular weight is 311 g/mol. The number of hydrogen-bond acceptors (Lipinski definition) is 5. The van der Waals surface area contributed by atoms with E-state index in [1.807, 2.05) is 0 Å². The van der Waals surface area contributed by atoms with Crippen LogP contribution < -0.4 is 9.04 Å². The highest BCUT2D eigenvalue weighted by Crippen LogP contribution is 2.30. The second-order valence-electron chi connectivity index (χ2n) is 4.31. The minimum Gasteiger partial charge on any atom is -0.495 e. The van der Waals surface area contributed by atoms with Gasteiger partial charge in [0, 0.05) is 13.2 Å². The maximum Gasteiger partial charge on any atom is 0.267 e. The van der Waals surface area contributed by atoms with E-state index in [-0.39, 0.29) is 18.0 Å². The van der Waals surface area contributed by atoms with Crippen LogP contribution in [0.2, 0.25) is 0 Å². The molecule has 0 radical (unpaired) electrons. The van der Waals surface area contributed by atoms with Crippen molar-refractivity contribution in [3.63, 3.8) is 0 Å². The summed E-state index contributed by atoms with van der Waals surface area (Å²) < 4.78 is 32.8. The molecular formula is C13H17N3O4S. The largest absolute Gasteiger partial charge is 0.495 e. The molecule has 1 aromatic heterocycles. The summed E-state index contributed by atoms with van der Waals surface area (Å²) in [5.41, 5.74) is 0.440. The van der Waals surface area contributed by atoms with Gasteiger partial charge in [-0.2, -0.15) is 5.10 Å². The summed E-state index contributed by atoms with van der Waals surface area (Å²) in [6, 6.07) is 6.85. The molecule has 1 N–H and O–H groups in total. The number of aromatic nitrogens is 2. The summed E-state index contributed by atoms with van der Waals surface area (Å²) in [5, 5.41) is 12.8. The fraction of sp³-hybridized carbons (Fsp3) is 0.308. The van der Waals surface area contributed by atoms with Gasteiger partial charge in [0.05, 0.1) is 32.1 Å². The van der Waals surface area contributed by atoms with Crippen molar-refractivity contribution in [3.8, 4) is 5.75 Å². The molecular weight excluding hydrogens is 294 g/mol. The molecule has 7 nitrogen and oxygen atoms in total. The molecule has 0 aliphatic carbocycles. The monoisotopic (exact) mass is 311 g/mol. The number of aliphatic hydroxyl groups is 1. The lowest BCUT2D eigenvalue weighted by Gasteiger charge is -2.20. The van der Waals surface area contributed by atoms with Gasteiger partial charge in [-0.15, -0.1) is 0 Å². The van der Waals surface area contributed by atoms with E-state index in [1.54, 1.807) is 24.3 Å². The Labute approximate surface area is 123 Å². The van der Waals surface area contributed by atoms with E-state index in [4.69, 9.17) is 9.84 Å². The van der Waals surface area contributed by atoms with Gasteiger partial charge in [0.1, 0.15) is 10.6 Å². The summed E-state index contributed by atoms with van der Waals surface area (Å²) in [6.45, 7) is 0.136. The molecule has 1 heterocycles. The zero-order valence-corrected chi connectivity index (χ0v) is 12.6. The summed E-state index contributed by atoms with van der Waals surface area (Å²) in [7, 11) is -0.794. The number of benzene rings is 1. The van der Waals surface area contributed by atoms with Gasteiger partial charge in [-0.05, 0) is 12.1 Å². The fourth-order valence-electron chi connectivity index (χ4n) is 1.88. The Hall–Kier alpha value is -2.06. The number of hydrogen-bond donors (Lipinski definition) is 1. The molecule has 0 bridgehead atoms. The number of nitrogens with zero attached hydrogens (tertiary/aromatic N) is 3. The van der Waals surface area contributed by atoms with E-state index in [0.29, 0.717) is 11.4 Å². The van der Waals surface area contributed by atoms with E-state index >= 15 is 0 Å². The van der Waals surface area contributed by atoms with Crippen molar-refractivity contribution in [2.24, 2.45) is 0 Å². The highest BCUT2D eigenvalue weighted by atomic mass is 32.2. The van der Waals surface area contributed by atoms with Gasteiger partial charge in [0.2, 0.25) is 0 Å². The molecule has 2 rings (SSSR count). The van der Waals surface area contributed by atoms with Crippen molar-refractivity contribution in [3.05, 3.63) is 36.7 Å². The summed E-state index contributed by atoms with van der Waals surface area (Å²) in [6.07, 6.45) is 2.65. The Morgan fingerprint density at radius 3 is 2.76 bits per heavy atom. The van der Waals surface area contributed by atoms with Gasteiger partial charge < -0.3 is 9.84 Å². The van der Waals surface area contributed by atoms with Gasteiger partial charge in [0.25, 0.3) is 10.0 Å². The number of ether oxygens (including phenoxy) is 1. The molecule has 2 aromatic rings. The first-order valence-corrected chi connectivity index (χ1v) is 7.70. The average Bonchev–Trinajstić information content (AvgIpc) is 2.96. The molecule has 0 saturated carbocycles. The lowest BCUT2D eigenvalue weighted by atomic mass is 10.3. The molecule has 0 amide bonds. The third kappa shape index (κ3) is 3.01. The molecule has 0 atom stereocenters. The number of rotatable bonds is 6. The van der Waals surface area contributed by atoms with Crippen molar-refractivity contribution >= 4 is 15.7 Å². The van der Waals surface area contributed by atoms with Crippen LogP contribution in [0, 0.1) is 0 Å². The molecule has 0 saturated heterocycles. The Morgan fingerprint density at radius 1 is 1.38 bits per heavy atom. The Morgan fingerprint density at radius 2 is 2.10 bits per heavy atom.